The Morgan fingerprint density at radius 3 is 3.00 bits per heavy atom. The summed E-state index contributed by atoms with van der Waals surface area (Å²) in [7, 11) is 0. The topological polar surface area (TPSA) is 38.0 Å². The zero-order valence-corrected chi connectivity index (χ0v) is 11.0. The number of rotatable bonds is 3. The van der Waals surface area contributed by atoms with Crippen LogP contribution in [0, 0.1) is 5.92 Å². The van der Waals surface area contributed by atoms with Crippen molar-refractivity contribution in [2.75, 3.05) is 0 Å². The van der Waals surface area contributed by atoms with E-state index in [1.807, 2.05) is 10.9 Å². The molecule has 1 aromatic heterocycles. The second-order valence-electron chi connectivity index (χ2n) is 5.64. The van der Waals surface area contributed by atoms with E-state index in [9.17, 15) is 5.11 Å². The van der Waals surface area contributed by atoms with Gasteiger partial charge < -0.3 is 5.11 Å². The van der Waals surface area contributed by atoms with Crippen molar-refractivity contribution in [3.63, 3.8) is 0 Å². The molecule has 0 spiro atoms. The van der Waals surface area contributed by atoms with Gasteiger partial charge in [-0.15, -0.1) is 0 Å². The van der Waals surface area contributed by atoms with Gasteiger partial charge >= 0.3 is 0 Å². The Kier molecular flexibility index (Phi) is 3.87. The summed E-state index contributed by atoms with van der Waals surface area (Å²) in [4.78, 5) is 0. The zero-order valence-electron chi connectivity index (χ0n) is 11.0. The fourth-order valence-electron chi connectivity index (χ4n) is 2.79. The molecule has 17 heavy (non-hydrogen) atoms. The summed E-state index contributed by atoms with van der Waals surface area (Å²) in [5.41, 5.74) is 0.677. The van der Waals surface area contributed by atoms with Crippen molar-refractivity contribution in [1.29, 1.82) is 0 Å². The van der Waals surface area contributed by atoms with Crippen molar-refractivity contribution in [3.8, 4) is 0 Å². The number of aliphatic hydroxyl groups is 1. The lowest BCUT2D eigenvalue weighted by Crippen LogP contribution is -2.30. The van der Waals surface area contributed by atoms with Gasteiger partial charge in [-0.25, -0.2) is 0 Å². The minimum atomic E-state index is -0.494. The zero-order chi connectivity index (χ0) is 12.3. The molecule has 1 aliphatic rings. The smallest absolute Gasteiger partial charge is 0.0689 e. The molecule has 3 heteroatoms. The molecule has 1 saturated carbocycles. The predicted octanol–water partition coefficient (Wildman–Crippen LogP) is 2.78. The fraction of sp³-hybridized carbons (Fsp3) is 0.786. The van der Waals surface area contributed by atoms with Crippen molar-refractivity contribution in [3.05, 3.63) is 18.0 Å². The largest absolute Gasteiger partial charge is 0.390 e. The Morgan fingerprint density at radius 2 is 2.29 bits per heavy atom. The highest BCUT2D eigenvalue weighted by atomic mass is 16.3. The van der Waals surface area contributed by atoms with Crippen LogP contribution < -0.4 is 0 Å². The van der Waals surface area contributed by atoms with Crippen LogP contribution in [0.15, 0.2) is 12.4 Å². The van der Waals surface area contributed by atoms with Gasteiger partial charge in [-0.3, -0.25) is 4.68 Å². The van der Waals surface area contributed by atoms with E-state index >= 15 is 0 Å². The normalized spacial score (nSPS) is 30.2. The van der Waals surface area contributed by atoms with Crippen LogP contribution in [0.1, 0.15) is 51.5 Å². The van der Waals surface area contributed by atoms with Crippen molar-refractivity contribution in [2.45, 2.75) is 64.5 Å². The van der Waals surface area contributed by atoms with Crippen LogP contribution in [-0.2, 0) is 13.0 Å². The van der Waals surface area contributed by atoms with Gasteiger partial charge in [0.15, 0.2) is 0 Å². The van der Waals surface area contributed by atoms with E-state index in [0.717, 1.165) is 44.6 Å². The summed E-state index contributed by atoms with van der Waals surface area (Å²) in [5.74, 6) is 0.766. The van der Waals surface area contributed by atoms with Gasteiger partial charge in [0.05, 0.1) is 11.8 Å². The van der Waals surface area contributed by atoms with E-state index in [0.29, 0.717) is 0 Å². The molecule has 0 radical (unpaired) electrons. The molecule has 0 aromatic carbocycles. The van der Waals surface area contributed by atoms with Crippen LogP contribution in [0.4, 0.5) is 0 Å². The number of aryl methyl sites for hydroxylation is 1. The average Bonchev–Trinajstić information content (AvgIpc) is 2.67. The average molecular weight is 236 g/mol. The number of nitrogens with zero attached hydrogens (tertiary/aromatic N) is 2. The molecular formula is C14H24N2O. The quantitative estimate of drug-likeness (QED) is 0.819. The number of aromatic nitrogens is 2. The van der Waals surface area contributed by atoms with Gasteiger partial charge in [-0.1, -0.05) is 19.8 Å². The maximum atomic E-state index is 10.7. The maximum absolute atomic E-state index is 10.7. The van der Waals surface area contributed by atoms with Crippen LogP contribution in [0.25, 0.3) is 0 Å². The number of hydrogen-bond donors (Lipinski definition) is 1. The first kappa shape index (κ1) is 12.6. The summed E-state index contributed by atoms with van der Waals surface area (Å²) < 4.78 is 1.93. The molecule has 0 aliphatic heterocycles. The molecule has 1 aliphatic carbocycles. The van der Waals surface area contributed by atoms with E-state index in [-0.39, 0.29) is 0 Å². The molecule has 0 bridgehead atoms. The second-order valence-corrected chi connectivity index (χ2v) is 5.64. The molecule has 1 heterocycles. The SMILES string of the molecule is CCn1cc(CC2(O)CCCC(C)CC2)cn1. The van der Waals surface area contributed by atoms with Crippen LogP contribution in [-0.4, -0.2) is 20.5 Å². The van der Waals surface area contributed by atoms with Crippen LogP contribution >= 0.6 is 0 Å². The monoisotopic (exact) mass is 236 g/mol. The van der Waals surface area contributed by atoms with Gasteiger partial charge in [0, 0.05) is 19.2 Å². The summed E-state index contributed by atoms with van der Waals surface area (Å²) in [5, 5.41) is 14.9. The Labute approximate surface area is 104 Å². The first-order chi connectivity index (χ1) is 8.11. The van der Waals surface area contributed by atoms with E-state index < -0.39 is 5.60 Å². The highest BCUT2D eigenvalue weighted by Crippen LogP contribution is 2.32. The molecule has 1 fully saturated rings. The Bertz CT molecular complexity index is 361. The molecule has 1 aromatic rings. The third kappa shape index (κ3) is 3.32. The second kappa shape index (κ2) is 5.21. The molecule has 2 rings (SSSR count). The molecule has 1 N–H and O–H groups in total. The van der Waals surface area contributed by atoms with Gasteiger partial charge in [-0.05, 0) is 37.7 Å². The Hall–Kier alpha value is -0.830. The summed E-state index contributed by atoms with van der Waals surface area (Å²) >= 11 is 0. The molecular weight excluding hydrogens is 212 g/mol. The van der Waals surface area contributed by atoms with Gasteiger partial charge in [0.25, 0.3) is 0 Å². The third-order valence-corrected chi connectivity index (χ3v) is 3.99. The minimum absolute atomic E-state index is 0.494. The Morgan fingerprint density at radius 1 is 1.47 bits per heavy atom. The lowest BCUT2D eigenvalue weighted by molar-refractivity contribution is 0.0243. The van der Waals surface area contributed by atoms with Crippen molar-refractivity contribution in [2.24, 2.45) is 5.92 Å². The third-order valence-electron chi connectivity index (χ3n) is 3.99. The molecule has 3 nitrogen and oxygen atoms in total. The highest BCUT2D eigenvalue weighted by Gasteiger charge is 2.30. The van der Waals surface area contributed by atoms with E-state index in [1.54, 1.807) is 0 Å². The van der Waals surface area contributed by atoms with Gasteiger partial charge in [0.2, 0.25) is 0 Å². The lowest BCUT2D eigenvalue weighted by atomic mass is 9.88. The first-order valence-corrected chi connectivity index (χ1v) is 6.85. The van der Waals surface area contributed by atoms with Gasteiger partial charge in [-0.2, -0.15) is 5.10 Å². The van der Waals surface area contributed by atoms with Crippen molar-refractivity contribution >= 4 is 0 Å². The van der Waals surface area contributed by atoms with Crippen LogP contribution in [0.5, 0.6) is 0 Å². The summed E-state index contributed by atoms with van der Waals surface area (Å²) in [6.45, 7) is 5.27. The summed E-state index contributed by atoms with van der Waals surface area (Å²) in [6.07, 6.45) is 10.2. The van der Waals surface area contributed by atoms with Crippen LogP contribution in [0.3, 0.4) is 0 Å². The number of hydrogen-bond acceptors (Lipinski definition) is 2. The first-order valence-electron chi connectivity index (χ1n) is 6.85. The van der Waals surface area contributed by atoms with E-state index in [4.69, 9.17) is 0 Å². The predicted molar refractivity (Wildman–Crippen MR) is 68.8 cm³/mol. The summed E-state index contributed by atoms with van der Waals surface area (Å²) in [6, 6.07) is 0. The molecule has 2 atom stereocenters. The molecule has 2 unspecified atom stereocenters. The molecule has 96 valence electrons. The molecule has 0 saturated heterocycles. The Balaban J connectivity index is 2.00. The van der Waals surface area contributed by atoms with Gasteiger partial charge in [0.1, 0.15) is 0 Å². The van der Waals surface area contributed by atoms with E-state index in [2.05, 4.69) is 25.1 Å². The van der Waals surface area contributed by atoms with Crippen LogP contribution in [0.2, 0.25) is 0 Å². The highest BCUT2D eigenvalue weighted by molar-refractivity contribution is 5.08. The fourth-order valence-corrected chi connectivity index (χ4v) is 2.79. The van der Waals surface area contributed by atoms with Crippen molar-refractivity contribution < 1.29 is 5.11 Å². The standard InChI is InChI=1S/C14H24N2O/c1-3-16-11-13(10-15-16)9-14(17)7-4-5-12(2)6-8-14/h10-12,17H,3-9H2,1-2H3. The lowest BCUT2D eigenvalue weighted by Gasteiger charge is -2.26. The molecule has 0 amide bonds. The maximum Gasteiger partial charge on any atom is 0.0689 e. The minimum Gasteiger partial charge on any atom is -0.390 e. The van der Waals surface area contributed by atoms with E-state index in [1.165, 1.54) is 12.0 Å². The van der Waals surface area contributed by atoms with Crippen molar-refractivity contribution in [1.82, 2.24) is 9.78 Å².